The number of hydrogen-bond acceptors (Lipinski definition) is 4. The Morgan fingerprint density at radius 3 is 2.84 bits per heavy atom. The first kappa shape index (κ1) is 13.2. The Hall–Kier alpha value is -2.24. The number of aliphatic carboxylic acids is 1. The molecule has 2 N–H and O–H groups in total. The molecule has 6 heteroatoms. The molecule has 1 aliphatic rings. The first-order chi connectivity index (χ1) is 9.08. The minimum atomic E-state index is -0.864. The lowest BCUT2D eigenvalue weighted by Crippen LogP contribution is -2.26. The van der Waals surface area contributed by atoms with E-state index in [4.69, 9.17) is 14.6 Å². The molecule has 0 saturated heterocycles. The summed E-state index contributed by atoms with van der Waals surface area (Å²) < 4.78 is 10.3. The van der Waals surface area contributed by atoms with Crippen LogP contribution in [0.2, 0.25) is 0 Å². The summed E-state index contributed by atoms with van der Waals surface area (Å²) in [7, 11) is 0. The highest BCUT2D eigenvalue weighted by molar-refractivity contribution is 5.94. The monoisotopic (exact) mass is 265 g/mol. The lowest BCUT2D eigenvalue weighted by atomic mass is 10.1. The van der Waals surface area contributed by atoms with E-state index in [1.54, 1.807) is 25.1 Å². The highest BCUT2D eigenvalue weighted by Crippen LogP contribution is 2.32. The van der Waals surface area contributed by atoms with Crippen molar-refractivity contribution in [2.24, 2.45) is 5.92 Å². The van der Waals surface area contributed by atoms with Crippen LogP contribution in [-0.4, -0.2) is 30.3 Å². The summed E-state index contributed by atoms with van der Waals surface area (Å²) in [5.41, 5.74) is 0.465. The molecule has 0 fully saturated rings. The molecule has 0 aromatic heterocycles. The molecule has 2 rings (SSSR count). The van der Waals surface area contributed by atoms with Crippen molar-refractivity contribution in [3.63, 3.8) is 0 Å². The second-order valence-electron chi connectivity index (χ2n) is 4.35. The minimum absolute atomic E-state index is 0.163. The van der Waals surface area contributed by atoms with Gasteiger partial charge in [-0.3, -0.25) is 9.59 Å². The number of hydrogen-bond donors (Lipinski definition) is 2. The molecular formula is C13H15NO5. The van der Waals surface area contributed by atoms with E-state index >= 15 is 0 Å². The molecule has 1 heterocycles. The average molecular weight is 265 g/mol. The van der Waals surface area contributed by atoms with Crippen molar-refractivity contribution in [1.82, 2.24) is 5.32 Å². The van der Waals surface area contributed by atoms with Crippen molar-refractivity contribution >= 4 is 11.9 Å². The van der Waals surface area contributed by atoms with Crippen LogP contribution < -0.4 is 14.8 Å². The van der Waals surface area contributed by atoms with Gasteiger partial charge in [-0.05, 0) is 24.6 Å². The first-order valence-electron chi connectivity index (χ1n) is 5.98. The molecule has 1 amide bonds. The highest BCUT2D eigenvalue weighted by Gasteiger charge is 2.16. The number of carbonyl (C=O) groups is 2. The van der Waals surface area contributed by atoms with Gasteiger partial charge in [0.05, 0.1) is 5.92 Å². The summed E-state index contributed by atoms with van der Waals surface area (Å²) in [5, 5.41) is 11.4. The zero-order valence-corrected chi connectivity index (χ0v) is 10.5. The van der Waals surface area contributed by atoms with Gasteiger partial charge in [-0.15, -0.1) is 0 Å². The van der Waals surface area contributed by atoms with Gasteiger partial charge in [-0.25, -0.2) is 0 Å². The summed E-state index contributed by atoms with van der Waals surface area (Å²) in [4.78, 5) is 22.5. The fourth-order valence-electron chi connectivity index (χ4n) is 1.67. The number of carboxylic acid groups (broad SMARTS) is 1. The van der Waals surface area contributed by atoms with Crippen LogP contribution in [0.5, 0.6) is 11.5 Å². The minimum Gasteiger partial charge on any atom is -0.481 e. The third-order valence-corrected chi connectivity index (χ3v) is 2.92. The number of amides is 1. The van der Waals surface area contributed by atoms with Gasteiger partial charge in [0, 0.05) is 12.1 Å². The maximum absolute atomic E-state index is 11.8. The summed E-state index contributed by atoms with van der Waals surface area (Å²) in [6.07, 6.45) is 0.394. The van der Waals surface area contributed by atoms with E-state index in [1.165, 1.54) is 0 Å². The Morgan fingerprint density at radius 2 is 2.11 bits per heavy atom. The van der Waals surface area contributed by atoms with Gasteiger partial charge < -0.3 is 19.9 Å². The van der Waals surface area contributed by atoms with E-state index in [0.717, 1.165) is 0 Å². The van der Waals surface area contributed by atoms with Gasteiger partial charge in [0.25, 0.3) is 5.91 Å². The van der Waals surface area contributed by atoms with Gasteiger partial charge in [0.15, 0.2) is 11.5 Å². The predicted molar refractivity (Wildman–Crippen MR) is 66.3 cm³/mol. The maximum atomic E-state index is 11.8. The number of nitrogens with one attached hydrogen (secondary N) is 1. The summed E-state index contributed by atoms with van der Waals surface area (Å²) in [5.74, 6) is -0.423. The Bertz CT molecular complexity index is 500. The number of benzene rings is 1. The number of rotatable bonds is 5. The summed E-state index contributed by atoms with van der Waals surface area (Å²) >= 11 is 0. The fourth-order valence-corrected chi connectivity index (χ4v) is 1.67. The molecule has 0 radical (unpaired) electrons. The Balaban J connectivity index is 1.88. The molecule has 19 heavy (non-hydrogen) atoms. The first-order valence-corrected chi connectivity index (χ1v) is 5.98. The van der Waals surface area contributed by atoms with Crippen LogP contribution in [0.1, 0.15) is 23.7 Å². The largest absolute Gasteiger partial charge is 0.481 e. The van der Waals surface area contributed by atoms with E-state index in [9.17, 15) is 9.59 Å². The van der Waals surface area contributed by atoms with E-state index in [2.05, 4.69) is 5.32 Å². The Labute approximate surface area is 110 Å². The Morgan fingerprint density at radius 1 is 1.37 bits per heavy atom. The second-order valence-corrected chi connectivity index (χ2v) is 4.35. The molecule has 1 aromatic rings. The van der Waals surface area contributed by atoms with Crippen LogP contribution >= 0.6 is 0 Å². The second kappa shape index (κ2) is 5.60. The fraction of sp³-hybridized carbons (Fsp3) is 0.385. The van der Waals surface area contributed by atoms with Crippen LogP contribution in [0.25, 0.3) is 0 Å². The number of fused-ring (bicyclic) bond motifs is 1. The van der Waals surface area contributed by atoms with Crippen LogP contribution in [0.15, 0.2) is 18.2 Å². The SMILES string of the molecule is CC(CCNC(=O)c1ccc2c(c1)OCO2)C(=O)O. The van der Waals surface area contributed by atoms with Crippen LogP contribution in [0.4, 0.5) is 0 Å². The van der Waals surface area contributed by atoms with Crippen molar-refractivity contribution < 1.29 is 24.2 Å². The van der Waals surface area contributed by atoms with Crippen molar-refractivity contribution in [3.8, 4) is 11.5 Å². The van der Waals surface area contributed by atoms with Gasteiger partial charge >= 0.3 is 5.97 Å². The summed E-state index contributed by atoms with van der Waals surface area (Å²) in [6, 6.07) is 4.93. The van der Waals surface area contributed by atoms with Gasteiger partial charge in [-0.2, -0.15) is 0 Å². The zero-order chi connectivity index (χ0) is 13.8. The third-order valence-electron chi connectivity index (χ3n) is 2.92. The van der Waals surface area contributed by atoms with Crippen molar-refractivity contribution in [1.29, 1.82) is 0 Å². The molecule has 1 aliphatic heterocycles. The molecule has 6 nitrogen and oxygen atoms in total. The van der Waals surface area contributed by atoms with Gasteiger partial charge in [0.1, 0.15) is 0 Å². The third kappa shape index (κ3) is 3.15. The molecule has 102 valence electrons. The van der Waals surface area contributed by atoms with Crippen molar-refractivity contribution in [2.75, 3.05) is 13.3 Å². The lowest BCUT2D eigenvalue weighted by Gasteiger charge is -2.08. The molecule has 0 aliphatic carbocycles. The van der Waals surface area contributed by atoms with Crippen LogP contribution in [0, 0.1) is 5.92 Å². The maximum Gasteiger partial charge on any atom is 0.306 e. The standard InChI is InChI=1S/C13H15NO5/c1-8(13(16)17)4-5-14-12(15)9-2-3-10-11(6-9)19-7-18-10/h2-3,6,8H,4-5,7H2,1H3,(H,14,15)(H,16,17). The van der Waals surface area contributed by atoms with Gasteiger partial charge in [0.2, 0.25) is 6.79 Å². The zero-order valence-electron chi connectivity index (χ0n) is 10.5. The molecular weight excluding hydrogens is 250 g/mol. The Kier molecular flexibility index (Phi) is 3.89. The smallest absolute Gasteiger partial charge is 0.306 e. The van der Waals surface area contributed by atoms with E-state index in [-0.39, 0.29) is 12.7 Å². The topological polar surface area (TPSA) is 84.9 Å². The average Bonchev–Trinajstić information content (AvgIpc) is 2.85. The highest BCUT2D eigenvalue weighted by atomic mass is 16.7. The number of carbonyl (C=O) groups excluding carboxylic acids is 1. The van der Waals surface area contributed by atoms with Crippen molar-refractivity contribution in [2.45, 2.75) is 13.3 Å². The molecule has 1 unspecified atom stereocenters. The molecule has 0 bridgehead atoms. The number of ether oxygens (including phenoxy) is 2. The normalized spacial score (nSPS) is 13.9. The van der Waals surface area contributed by atoms with Crippen molar-refractivity contribution in [3.05, 3.63) is 23.8 Å². The van der Waals surface area contributed by atoms with E-state index in [0.29, 0.717) is 30.0 Å². The lowest BCUT2D eigenvalue weighted by molar-refractivity contribution is -0.141. The van der Waals surface area contributed by atoms with Crippen LogP contribution in [0.3, 0.4) is 0 Å². The molecule has 1 atom stereocenters. The molecule has 1 aromatic carbocycles. The number of carboxylic acids is 1. The molecule has 0 saturated carbocycles. The van der Waals surface area contributed by atoms with Gasteiger partial charge in [-0.1, -0.05) is 6.92 Å². The van der Waals surface area contributed by atoms with E-state index in [1.807, 2.05) is 0 Å². The quantitative estimate of drug-likeness (QED) is 0.837. The van der Waals surface area contributed by atoms with E-state index < -0.39 is 11.9 Å². The summed E-state index contributed by atoms with van der Waals surface area (Å²) in [6.45, 7) is 2.09. The van der Waals surface area contributed by atoms with Crippen LogP contribution in [-0.2, 0) is 4.79 Å². The molecule has 0 spiro atoms. The predicted octanol–water partition coefficient (Wildman–Crippen LogP) is 1.26.